The van der Waals surface area contributed by atoms with Gasteiger partial charge in [0.05, 0.1) is 23.5 Å². The standard InChI is InChI=1S/C12H13N3O2S/c1-2-15(10-9-14)18(16,17)12-5-3-11(4-6-12)7-8-13/h3-6H,2,7,10H2,1H3. The molecular weight excluding hydrogens is 250 g/mol. The van der Waals surface area contributed by atoms with Gasteiger partial charge >= 0.3 is 0 Å². The van der Waals surface area contributed by atoms with Gasteiger partial charge in [-0.2, -0.15) is 14.8 Å². The van der Waals surface area contributed by atoms with Crippen LogP contribution in [0.3, 0.4) is 0 Å². The number of sulfonamides is 1. The van der Waals surface area contributed by atoms with E-state index in [0.717, 1.165) is 9.87 Å². The van der Waals surface area contributed by atoms with Crippen LogP contribution in [0.1, 0.15) is 12.5 Å². The molecule has 6 heteroatoms. The number of benzene rings is 1. The van der Waals surface area contributed by atoms with E-state index in [-0.39, 0.29) is 24.4 Å². The van der Waals surface area contributed by atoms with E-state index in [9.17, 15) is 8.42 Å². The van der Waals surface area contributed by atoms with E-state index in [2.05, 4.69) is 0 Å². The van der Waals surface area contributed by atoms with Gasteiger partial charge in [0.2, 0.25) is 10.0 Å². The topological polar surface area (TPSA) is 85.0 Å². The molecule has 0 bridgehead atoms. The second-order valence-corrected chi connectivity index (χ2v) is 5.51. The molecular formula is C12H13N3O2S. The van der Waals surface area contributed by atoms with Crippen molar-refractivity contribution in [3.63, 3.8) is 0 Å². The summed E-state index contributed by atoms with van der Waals surface area (Å²) >= 11 is 0. The number of nitriles is 2. The second-order valence-electron chi connectivity index (χ2n) is 3.57. The number of rotatable bonds is 5. The molecule has 0 heterocycles. The van der Waals surface area contributed by atoms with E-state index in [1.54, 1.807) is 19.1 Å². The van der Waals surface area contributed by atoms with Gasteiger partial charge in [0.1, 0.15) is 6.54 Å². The lowest BCUT2D eigenvalue weighted by atomic mass is 10.2. The Labute approximate surface area is 107 Å². The molecule has 0 N–H and O–H groups in total. The van der Waals surface area contributed by atoms with Crippen molar-refractivity contribution in [2.75, 3.05) is 13.1 Å². The van der Waals surface area contributed by atoms with Crippen molar-refractivity contribution < 1.29 is 8.42 Å². The summed E-state index contributed by atoms with van der Waals surface area (Å²) in [5.41, 5.74) is 0.764. The van der Waals surface area contributed by atoms with Gasteiger partial charge < -0.3 is 0 Å². The summed E-state index contributed by atoms with van der Waals surface area (Å²) in [6, 6.07) is 9.96. The molecule has 0 aliphatic heterocycles. The smallest absolute Gasteiger partial charge is 0.207 e. The Morgan fingerprint density at radius 3 is 2.22 bits per heavy atom. The van der Waals surface area contributed by atoms with Crippen molar-refractivity contribution in [2.24, 2.45) is 0 Å². The quantitative estimate of drug-likeness (QED) is 0.749. The predicted molar refractivity (Wildman–Crippen MR) is 65.8 cm³/mol. The molecule has 1 rings (SSSR count). The van der Waals surface area contributed by atoms with Crippen molar-refractivity contribution in [1.82, 2.24) is 4.31 Å². The fraction of sp³-hybridized carbons (Fsp3) is 0.333. The van der Waals surface area contributed by atoms with Gasteiger partial charge in [-0.3, -0.25) is 0 Å². The van der Waals surface area contributed by atoms with Crippen LogP contribution in [-0.2, 0) is 16.4 Å². The minimum Gasteiger partial charge on any atom is -0.207 e. The molecule has 0 saturated carbocycles. The normalized spacial score (nSPS) is 10.9. The van der Waals surface area contributed by atoms with Gasteiger partial charge in [0.15, 0.2) is 0 Å². The van der Waals surface area contributed by atoms with Gasteiger partial charge in [0.25, 0.3) is 0 Å². The summed E-state index contributed by atoms with van der Waals surface area (Å²) in [6.07, 6.45) is 0.246. The Morgan fingerprint density at radius 2 is 1.78 bits per heavy atom. The minimum absolute atomic E-state index is 0.140. The highest BCUT2D eigenvalue weighted by atomic mass is 32.2. The third-order valence-corrected chi connectivity index (χ3v) is 4.38. The van der Waals surface area contributed by atoms with E-state index in [0.29, 0.717) is 0 Å². The molecule has 94 valence electrons. The minimum atomic E-state index is -3.62. The number of hydrogen-bond acceptors (Lipinski definition) is 4. The average molecular weight is 263 g/mol. The highest BCUT2D eigenvalue weighted by Gasteiger charge is 2.22. The summed E-state index contributed by atoms with van der Waals surface area (Å²) in [5.74, 6) is 0. The van der Waals surface area contributed by atoms with Crippen LogP contribution in [0.4, 0.5) is 0 Å². The van der Waals surface area contributed by atoms with Crippen molar-refractivity contribution in [1.29, 1.82) is 10.5 Å². The molecule has 0 fully saturated rings. The first kappa shape index (κ1) is 14.2. The van der Waals surface area contributed by atoms with Crippen LogP contribution < -0.4 is 0 Å². The van der Waals surface area contributed by atoms with E-state index in [1.807, 2.05) is 12.1 Å². The molecule has 0 amide bonds. The summed E-state index contributed by atoms with van der Waals surface area (Å²) in [6.45, 7) is 1.76. The maximum Gasteiger partial charge on any atom is 0.244 e. The van der Waals surface area contributed by atoms with Crippen molar-refractivity contribution in [3.05, 3.63) is 29.8 Å². The molecule has 0 spiro atoms. The van der Waals surface area contributed by atoms with Crippen LogP contribution in [0, 0.1) is 22.7 Å². The third kappa shape index (κ3) is 3.07. The molecule has 1 aromatic rings. The molecule has 0 aromatic heterocycles. The van der Waals surface area contributed by atoms with Crippen molar-refractivity contribution in [2.45, 2.75) is 18.2 Å². The second kappa shape index (κ2) is 6.15. The molecule has 0 radical (unpaired) electrons. The molecule has 18 heavy (non-hydrogen) atoms. The lowest BCUT2D eigenvalue weighted by Crippen LogP contribution is -2.31. The fourth-order valence-electron chi connectivity index (χ4n) is 1.47. The van der Waals surface area contributed by atoms with E-state index >= 15 is 0 Å². The van der Waals surface area contributed by atoms with Crippen molar-refractivity contribution in [3.8, 4) is 12.1 Å². The Hall–Kier alpha value is -1.89. The molecule has 0 atom stereocenters. The Kier molecular flexibility index (Phi) is 4.85. The van der Waals surface area contributed by atoms with Crippen molar-refractivity contribution >= 4 is 10.0 Å². The Morgan fingerprint density at radius 1 is 1.17 bits per heavy atom. The van der Waals surface area contributed by atoms with E-state index in [4.69, 9.17) is 10.5 Å². The molecule has 0 aliphatic carbocycles. The van der Waals surface area contributed by atoms with Crippen LogP contribution in [0.25, 0.3) is 0 Å². The number of hydrogen-bond donors (Lipinski definition) is 0. The van der Waals surface area contributed by atoms with E-state index < -0.39 is 10.0 Å². The zero-order valence-electron chi connectivity index (χ0n) is 10.00. The predicted octanol–water partition coefficient (Wildman–Crippen LogP) is 1.29. The summed E-state index contributed by atoms with van der Waals surface area (Å²) < 4.78 is 25.4. The zero-order valence-corrected chi connectivity index (χ0v) is 10.8. The molecule has 0 saturated heterocycles. The van der Waals surface area contributed by atoms with Crippen LogP contribution in [0.5, 0.6) is 0 Å². The first-order valence-corrected chi connectivity index (χ1v) is 6.83. The summed E-state index contributed by atoms with van der Waals surface area (Å²) in [7, 11) is -3.62. The molecule has 1 aromatic carbocycles. The van der Waals surface area contributed by atoms with Crippen LogP contribution in [0.15, 0.2) is 29.2 Å². The van der Waals surface area contributed by atoms with Crippen LogP contribution in [0.2, 0.25) is 0 Å². The summed E-state index contributed by atoms with van der Waals surface area (Å²) in [5, 5.41) is 17.1. The first-order valence-electron chi connectivity index (χ1n) is 5.39. The SMILES string of the molecule is CCN(CC#N)S(=O)(=O)c1ccc(CC#N)cc1. The highest BCUT2D eigenvalue weighted by Crippen LogP contribution is 2.16. The van der Waals surface area contributed by atoms with Crippen LogP contribution >= 0.6 is 0 Å². The monoisotopic (exact) mass is 263 g/mol. The largest absolute Gasteiger partial charge is 0.244 e. The van der Waals surface area contributed by atoms with Gasteiger partial charge in [0, 0.05) is 6.54 Å². The lowest BCUT2D eigenvalue weighted by Gasteiger charge is -2.17. The fourth-order valence-corrected chi connectivity index (χ4v) is 2.81. The molecule has 5 nitrogen and oxygen atoms in total. The zero-order chi connectivity index (χ0) is 13.6. The summed E-state index contributed by atoms with van der Waals surface area (Å²) in [4.78, 5) is 0.140. The highest BCUT2D eigenvalue weighted by molar-refractivity contribution is 7.89. The maximum absolute atomic E-state index is 12.1. The average Bonchev–Trinajstić information content (AvgIpc) is 2.36. The van der Waals surface area contributed by atoms with Crippen LogP contribution in [-0.4, -0.2) is 25.8 Å². The Bertz CT molecular complexity index is 579. The molecule has 0 aliphatic rings. The van der Waals surface area contributed by atoms with Gasteiger partial charge in [-0.05, 0) is 17.7 Å². The first-order chi connectivity index (χ1) is 8.56. The maximum atomic E-state index is 12.1. The third-order valence-electron chi connectivity index (χ3n) is 2.44. The van der Waals surface area contributed by atoms with Gasteiger partial charge in [-0.1, -0.05) is 19.1 Å². The van der Waals surface area contributed by atoms with Gasteiger partial charge in [-0.15, -0.1) is 0 Å². The van der Waals surface area contributed by atoms with E-state index in [1.165, 1.54) is 12.1 Å². The van der Waals surface area contributed by atoms with Gasteiger partial charge in [-0.25, -0.2) is 8.42 Å². The lowest BCUT2D eigenvalue weighted by molar-refractivity contribution is 0.462. The molecule has 0 unspecified atom stereocenters. The number of nitrogens with zero attached hydrogens (tertiary/aromatic N) is 3. The Balaban J connectivity index is 3.06.